The van der Waals surface area contributed by atoms with Gasteiger partial charge in [0.15, 0.2) is 6.10 Å². The number of rotatable bonds is 5. The maximum Gasteiger partial charge on any atom is 0.263 e. The first-order valence-electron chi connectivity index (χ1n) is 8.19. The van der Waals surface area contributed by atoms with Crippen LogP contribution in [0.5, 0.6) is 5.75 Å². The molecular weight excluding hydrogens is 379 g/mol. The zero-order chi connectivity index (χ0) is 17.8. The summed E-state index contributed by atoms with van der Waals surface area (Å²) in [7, 11) is 0. The quantitative estimate of drug-likeness (QED) is 0.757. The fraction of sp³-hybridized carbons (Fsp3) is 0.389. The number of hydrogen-bond acceptors (Lipinski definition) is 4. The van der Waals surface area contributed by atoms with Gasteiger partial charge in [-0.3, -0.25) is 9.69 Å². The van der Waals surface area contributed by atoms with Crippen molar-refractivity contribution < 1.29 is 9.53 Å². The van der Waals surface area contributed by atoms with Crippen LogP contribution >= 0.6 is 34.5 Å². The fourth-order valence-corrected chi connectivity index (χ4v) is 4.13. The van der Waals surface area contributed by atoms with Crippen LogP contribution in [0.25, 0.3) is 0 Å². The summed E-state index contributed by atoms with van der Waals surface area (Å²) in [5.74, 6) is 0.539. The zero-order valence-electron chi connectivity index (χ0n) is 14.0. The van der Waals surface area contributed by atoms with E-state index in [2.05, 4.69) is 11.0 Å². The molecule has 3 rings (SSSR count). The number of piperazine rings is 1. The molecule has 2 aromatic rings. The summed E-state index contributed by atoms with van der Waals surface area (Å²) in [6.45, 7) is 5.75. The Morgan fingerprint density at radius 1 is 1.16 bits per heavy atom. The Kier molecular flexibility index (Phi) is 6.23. The van der Waals surface area contributed by atoms with Crippen LogP contribution in [0.1, 0.15) is 11.8 Å². The Bertz CT molecular complexity index is 729. The molecule has 1 aromatic heterocycles. The van der Waals surface area contributed by atoms with Gasteiger partial charge in [-0.1, -0.05) is 35.3 Å². The summed E-state index contributed by atoms with van der Waals surface area (Å²) in [6, 6.07) is 11.2. The van der Waals surface area contributed by atoms with Crippen molar-refractivity contribution in [3.05, 3.63) is 50.6 Å². The van der Waals surface area contributed by atoms with Gasteiger partial charge in [-0.2, -0.15) is 0 Å². The molecule has 2 heterocycles. The van der Waals surface area contributed by atoms with Crippen molar-refractivity contribution in [2.75, 3.05) is 26.2 Å². The van der Waals surface area contributed by atoms with Crippen molar-refractivity contribution >= 4 is 40.4 Å². The topological polar surface area (TPSA) is 32.8 Å². The first-order chi connectivity index (χ1) is 12.0. The standard InChI is InChI=1S/C18H20Cl2N2O2S/c1-13(24-16-5-3-2-4-15(16)19)18(23)22-10-8-21(9-11-22)12-14-6-7-17(20)25-14/h2-7,13H,8-12H2,1H3. The van der Waals surface area contributed by atoms with Gasteiger partial charge in [0.05, 0.1) is 9.36 Å². The highest BCUT2D eigenvalue weighted by Gasteiger charge is 2.26. The maximum atomic E-state index is 12.6. The fourth-order valence-electron chi connectivity index (χ4n) is 2.82. The SMILES string of the molecule is CC(Oc1ccccc1Cl)C(=O)N1CCN(Cc2ccc(Cl)s2)CC1. The van der Waals surface area contributed by atoms with Crippen LogP contribution in [0.15, 0.2) is 36.4 Å². The van der Waals surface area contributed by atoms with Crippen molar-refractivity contribution in [1.82, 2.24) is 9.80 Å². The summed E-state index contributed by atoms with van der Waals surface area (Å²) < 4.78 is 6.55. The lowest BCUT2D eigenvalue weighted by molar-refractivity contribution is -0.139. The van der Waals surface area contributed by atoms with Crippen molar-refractivity contribution in [3.63, 3.8) is 0 Å². The number of carbonyl (C=O) groups is 1. The molecule has 1 aliphatic heterocycles. The van der Waals surface area contributed by atoms with Gasteiger partial charge in [0.1, 0.15) is 5.75 Å². The molecule has 1 aromatic carbocycles. The second-order valence-electron chi connectivity index (χ2n) is 6.00. The van der Waals surface area contributed by atoms with Crippen LogP contribution in [0.2, 0.25) is 9.36 Å². The van der Waals surface area contributed by atoms with E-state index in [9.17, 15) is 4.79 Å². The molecule has 1 saturated heterocycles. The average molecular weight is 399 g/mol. The number of ether oxygens (including phenoxy) is 1. The minimum absolute atomic E-state index is 0.00117. The normalized spacial score (nSPS) is 16.7. The highest BCUT2D eigenvalue weighted by Crippen LogP contribution is 2.25. The average Bonchev–Trinajstić information content (AvgIpc) is 3.02. The Labute approximate surface area is 161 Å². The largest absolute Gasteiger partial charge is 0.479 e. The van der Waals surface area contributed by atoms with Crippen LogP contribution in [0.3, 0.4) is 0 Å². The van der Waals surface area contributed by atoms with E-state index in [-0.39, 0.29) is 5.91 Å². The summed E-state index contributed by atoms with van der Waals surface area (Å²) >= 11 is 13.7. The second kappa shape index (κ2) is 8.41. The van der Waals surface area contributed by atoms with E-state index in [4.69, 9.17) is 27.9 Å². The monoisotopic (exact) mass is 398 g/mol. The molecule has 1 amide bonds. The minimum Gasteiger partial charge on any atom is -0.479 e. The highest BCUT2D eigenvalue weighted by molar-refractivity contribution is 7.16. The number of carbonyl (C=O) groups excluding carboxylic acids is 1. The van der Waals surface area contributed by atoms with Gasteiger partial charge in [0, 0.05) is 37.6 Å². The molecule has 1 aliphatic rings. The van der Waals surface area contributed by atoms with Gasteiger partial charge in [0.2, 0.25) is 0 Å². The van der Waals surface area contributed by atoms with Crippen molar-refractivity contribution in [3.8, 4) is 5.75 Å². The lowest BCUT2D eigenvalue weighted by Gasteiger charge is -2.35. The lowest BCUT2D eigenvalue weighted by Crippen LogP contribution is -2.51. The predicted octanol–water partition coefficient (Wildman–Crippen LogP) is 4.17. The third-order valence-corrected chi connectivity index (χ3v) is 5.71. The Hall–Kier alpha value is -1.27. The Balaban J connectivity index is 1.50. The van der Waals surface area contributed by atoms with Gasteiger partial charge in [-0.25, -0.2) is 0 Å². The number of amides is 1. The van der Waals surface area contributed by atoms with Gasteiger partial charge >= 0.3 is 0 Å². The van der Waals surface area contributed by atoms with E-state index in [1.807, 2.05) is 23.1 Å². The van der Waals surface area contributed by atoms with Crippen LogP contribution in [-0.4, -0.2) is 48.0 Å². The molecule has 0 saturated carbocycles. The first-order valence-corrected chi connectivity index (χ1v) is 9.76. The molecule has 134 valence electrons. The van der Waals surface area contributed by atoms with Crippen LogP contribution in [-0.2, 0) is 11.3 Å². The number of para-hydroxylation sites is 1. The molecule has 1 unspecified atom stereocenters. The third-order valence-electron chi connectivity index (χ3n) is 4.18. The first kappa shape index (κ1) is 18.5. The Morgan fingerprint density at radius 2 is 1.88 bits per heavy atom. The molecule has 7 heteroatoms. The number of thiophene rings is 1. The number of halogens is 2. The van der Waals surface area contributed by atoms with Gasteiger partial charge in [-0.15, -0.1) is 11.3 Å². The molecule has 0 N–H and O–H groups in total. The number of hydrogen-bond donors (Lipinski definition) is 0. The van der Waals surface area contributed by atoms with E-state index < -0.39 is 6.10 Å². The van der Waals surface area contributed by atoms with Gasteiger partial charge < -0.3 is 9.64 Å². The molecule has 1 atom stereocenters. The maximum absolute atomic E-state index is 12.6. The molecule has 0 radical (unpaired) electrons. The van der Waals surface area contributed by atoms with E-state index in [0.717, 1.165) is 24.0 Å². The second-order valence-corrected chi connectivity index (χ2v) is 8.20. The van der Waals surface area contributed by atoms with E-state index >= 15 is 0 Å². The summed E-state index contributed by atoms with van der Waals surface area (Å²) in [6.07, 6.45) is -0.553. The van der Waals surface area contributed by atoms with Crippen molar-refractivity contribution in [2.45, 2.75) is 19.6 Å². The lowest BCUT2D eigenvalue weighted by atomic mass is 10.2. The third kappa shape index (κ3) is 4.88. The molecule has 4 nitrogen and oxygen atoms in total. The molecule has 1 fully saturated rings. The summed E-state index contributed by atoms with van der Waals surface area (Å²) in [5, 5.41) is 0.515. The number of nitrogens with zero attached hydrogens (tertiary/aromatic N) is 2. The summed E-state index contributed by atoms with van der Waals surface area (Å²) in [4.78, 5) is 18.1. The molecule has 0 bridgehead atoms. The van der Waals surface area contributed by atoms with Crippen LogP contribution in [0.4, 0.5) is 0 Å². The minimum atomic E-state index is -0.553. The van der Waals surface area contributed by atoms with Crippen molar-refractivity contribution in [2.24, 2.45) is 0 Å². The van der Waals surface area contributed by atoms with E-state index in [1.165, 1.54) is 4.88 Å². The van der Waals surface area contributed by atoms with Gasteiger partial charge in [0.25, 0.3) is 5.91 Å². The van der Waals surface area contributed by atoms with Crippen LogP contribution < -0.4 is 4.74 Å². The van der Waals surface area contributed by atoms with E-state index in [1.54, 1.807) is 30.4 Å². The smallest absolute Gasteiger partial charge is 0.263 e. The predicted molar refractivity (Wildman–Crippen MR) is 103 cm³/mol. The molecule has 25 heavy (non-hydrogen) atoms. The van der Waals surface area contributed by atoms with E-state index in [0.29, 0.717) is 23.9 Å². The molecule has 0 aliphatic carbocycles. The number of benzene rings is 1. The highest BCUT2D eigenvalue weighted by atomic mass is 35.5. The zero-order valence-corrected chi connectivity index (χ0v) is 16.3. The van der Waals surface area contributed by atoms with Crippen molar-refractivity contribution in [1.29, 1.82) is 0 Å². The molecule has 0 spiro atoms. The van der Waals surface area contributed by atoms with Gasteiger partial charge in [-0.05, 0) is 31.2 Å². The molecular formula is C18H20Cl2N2O2S. The Morgan fingerprint density at radius 3 is 2.52 bits per heavy atom. The summed E-state index contributed by atoms with van der Waals surface area (Å²) in [5.41, 5.74) is 0. The van der Waals surface area contributed by atoms with Crippen LogP contribution in [0, 0.1) is 0 Å².